The van der Waals surface area contributed by atoms with Crippen LogP contribution >= 0.6 is 0 Å². The van der Waals surface area contributed by atoms with Gasteiger partial charge in [-0.1, -0.05) is 53.7 Å². The lowest BCUT2D eigenvalue weighted by atomic mass is 9.96. The van der Waals surface area contributed by atoms with E-state index in [-0.39, 0.29) is 10.1 Å². The predicted molar refractivity (Wildman–Crippen MR) is 136 cm³/mol. The molecule has 0 radical (unpaired) electrons. The summed E-state index contributed by atoms with van der Waals surface area (Å²) in [6.07, 6.45) is 0. The molecule has 3 rings (SSSR count). The summed E-state index contributed by atoms with van der Waals surface area (Å²) in [5, 5.41) is 0.340. The van der Waals surface area contributed by atoms with Crippen LogP contribution in [0.1, 0.15) is 52.7 Å². The largest absolute Gasteiger partial charge is 0.543 e. The number of fused-ring (bicyclic) bond motifs is 3. The Morgan fingerprint density at radius 1 is 0.645 bits per heavy atom. The molecule has 1 aliphatic rings. The first-order valence-electron chi connectivity index (χ1n) is 11.3. The van der Waals surface area contributed by atoms with E-state index in [2.05, 4.69) is 104 Å². The predicted octanol–water partition coefficient (Wildman–Crippen LogP) is 8.15. The second-order valence-corrected chi connectivity index (χ2v) is 21.3. The maximum Gasteiger partial charge on any atom is 0.250 e. The molecule has 0 spiro atoms. The fraction of sp³-hybridized carbons (Fsp3) is 0.538. The molecule has 3 nitrogen and oxygen atoms in total. The first-order chi connectivity index (χ1) is 14.1. The van der Waals surface area contributed by atoms with Crippen molar-refractivity contribution in [3.63, 3.8) is 0 Å². The van der Waals surface area contributed by atoms with Gasteiger partial charge in [0.1, 0.15) is 11.5 Å². The Morgan fingerprint density at radius 3 is 1.32 bits per heavy atom. The van der Waals surface area contributed by atoms with Gasteiger partial charge in [-0.15, -0.1) is 0 Å². The van der Waals surface area contributed by atoms with Crippen LogP contribution in [0.5, 0.6) is 11.5 Å². The molecule has 0 atom stereocenters. The topological polar surface area (TPSA) is 27.7 Å². The van der Waals surface area contributed by atoms with Crippen molar-refractivity contribution in [2.45, 2.75) is 91.0 Å². The van der Waals surface area contributed by atoms with E-state index < -0.39 is 16.6 Å². The molecular weight excluding hydrogens is 416 g/mol. The number of hydrogen-bond donors (Lipinski definition) is 0. The van der Waals surface area contributed by atoms with Crippen molar-refractivity contribution in [1.82, 2.24) is 0 Å². The highest BCUT2D eigenvalue weighted by atomic mass is 28.4. The molecule has 1 aliphatic heterocycles. The standard InChI is InChI=1S/C26H40O3Si2/c1-25(2,3)30(7,8)28-21-11-13-23-19(15-21)17-27-18-20-16-22(12-14-24(20)23)29-31(9,10)26(4,5)6/h11-16H,17-18H2,1-10H3. The van der Waals surface area contributed by atoms with Gasteiger partial charge in [0, 0.05) is 0 Å². The molecule has 0 aromatic heterocycles. The Hall–Kier alpha value is -1.57. The van der Waals surface area contributed by atoms with Gasteiger partial charge in [-0.25, -0.2) is 0 Å². The van der Waals surface area contributed by atoms with E-state index >= 15 is 0 Å². The molecule has 170 valence electrons. The minimum atomic E-state index is -1.87. The van der Waals surface area contributed by atoms with Gasteiger partial charge in [0.2, 0.25) is 16.6 Å². The summed E-state index contributed by atoms with van der Waals surface area (Å²) < 4.78 is 19.1. The molecule has 5 heteroatoms. The lowest BCUT2D eigenvalue weighted by Gasteiger charge is -2.36. The van der Waals surface area contributed by atoms with Crippen LogP contribution in [0.4, 0.5) is 0 Å². The van der Waals surface area contributed by atoms with Gasteiger partial charge in [0.15, 0.2) is 0 Å². The van der Waals surface area contributed by atoms with Gasteiger partial charge >= 0.3 is 0 Å². The van der Waals surface area contributed by atoms with Crippen LogP contribution in [0.15, 0.2) is 36.4 Å². The van der Waals surface area contributed by atoms with Gasteiger partial charge in [-0.3, -0.25) is 0 Å². The van der Waals surface area contributed by atoms with E-state index in [4.69, 9.17) is 13.6 Å². The summed E-state index contributed by atoms with van der Waals surface area (Å²) in [6.45, 7) is 23.9. The minimum absolute atomic E-state index is 0.170. The summed E-state index contributed by atoms with van der Waals surface area (Å²) in [4.78, 5) is 0. The third-order valence-electron chi connectivity index (χ3n) is 7.32. The van der Waals surface area contributed by atoms with Crippen LogP contribution in [-0.2, 0) is 18.0 Å². The summed E-state index contributed by atoms with van der Waals surface area (Å²) in [7, 11) is -3.75. The number of ether oxygens (including phenoxy) is 1. The van der Waals surface area contributed by atoms with E-state index in [1.807, 2.05) is 0 Å². The maximum atomic E-state index is 6.53. The molecule has 0 bridgehead atoms. The molecule has 0 fully saturated rings. The molecule has 0 saturated heterocycles. The Balaban J connectivity index is 1.91. The van der Waals surface area contributed by atoms with Crippen LogP contribution in [0, 0.1) is 0 Å². The third-order valence-corrected chi connectivity index (χ3v) is 16.0. The van der Waals surface area contributed by atoms with E-state index in [1.165, 1.54) is 22.3 Å². The molecule has 31 heavy (non-hydrogen) atoms. The quantitative estimate of drug-likeness (QED) is 0.434. The Morgan fingerprint density at radius 2 is 1.00 bits per heavy atom. The van der Waals surface area contributed by atoms with Crippen LogP contribution < -0.4 is 8.85 Å². The van der Waals surface area contributed by atoms with Gasteiger partial charge in [-0.2, -0.15) is 0 Å². The van der Waals surface area contributed by atoms with Crippen molar-refractivity contribution in [2.24, 2.45) is 0 Å². The molecule has 1 heterocycles. The van der Waals surface area contributed by atoms with Crippen molar-refractivity contribution in [1.29, 1.82) is 0 Å². The summed E-state index contributed by atoms with van der Waals surface area (Å²) in [5.41, 5.74) is 4.84. The van der Waals surface area contributed by atoms with E-state index in [9.17, 15) is 0 Å². The zero-order valence-electron chi connectivity index (χ0n) is 21.1. The summed E-state index contributed by atoms with van der Waals surface area (Å²) in [5.74, 6) is 1.91. The lowest BCUT2D eigenvalue weighted by Crippen LogP contribution is -2.43. The second kappa shape index (κ2) is 8.09. The average molecular weight is 457 g/mol. The highest BCUT2D eigenvalue weighted by Gasteiger charge is 2.40. The Kier molecular flexibility index (Phi) is 6.28. The second-order valence-electron chi connectivity index (χ2n) is 11.9. The smallest absolute Gasteiger partial charge is 0.250 e. The third kappa shape index (κ3) is 5.10. The van der Waals surface area contributed by atoms with E-state index in [1.54, 1.807) is 0 Å². The number of hydrogen-bond acceptors (Lipinski definition) is 3. The molecule has 2 aromatic carbocycles. The highest BCUT2D eigenvalue weighted by molar-refractivity contribution is 6.75. The molecule has 0 amide bonds. The number of rotatable bonds is 4. The maximum absolute atomic E-state index is 6.53. The van der Waals surface area contributed by atoms with Gasteiger partial charge in [0.25, 0.3) is 0 Å². The summed E-state index contributed by atoms with van der Waals surface area (Å²) in [6, 6.07) is 13.0. The first-order valence-corrected chi connectivity index (χ1v) is 17.1. The lowest BCUT2D eigenvalue weighted by molar-refractivity contribution is 0.109. The van der Waals surface area contributed by atoms with Gasteiger partial charge < -0.3 is 13.6 Å². The van der Waals surface area contributed by atoms with Gasteiger partial charge in [-0.05, 0) is 82.8 Å². The van der Waals surface area contributed by atoms with E-state index in [0.29, 0.717) is 13.2 Å². The zero-order valence-corrected chi connectivity index (χ0v) is 23.1. The molecular formula is C26H40O3Si2. The normalized spacial score (nSPS) is 15.0. The monoisotopic (exact) mass is 456 g/mol. The molecule has 0 unspecified atom stereocenters. The van der Waals surface area contributed by atoms with Crippen molar-refractivity contribution in [2.75, 3.05) is 0 Å². The van der Waals surface area contributed by atoms with Crippen molar-refractivity contribution in [3.05, 3.63) is 47.5 Å². The van der Waals surface area contributed by atoms with Crippen LogP contribution in [-0.4, -0.2) is 16.6 Å². The molecule has 0 aliphatic carbocycles. The molecule has 0 N–H and O–H groups in total. The fourth-order valence-electron chi connectivity index (χ4n) is 3.20. The molecule has 0 saturated carbocycles. The SMILES string of the molecule is CC(C)(C)[Si](C)(C)Oc1ccc2c(c1)COCc1cc(O[Si](C)(C)C(C)(C)C)ccc1-2. The number of benzene rings is 2. The average Bonchev–Trinajstić information content (AvgIpc) is 2.77. The fourth-order valence-corrected chi connectivity index (χ4v) is 5.24. The van der Waals surface area contributed by atoms with Crippen molar-refractivity contribution in [3.8, 4) is 22.6 Å². The Bertz CT molecular complexity index is 873. The highest BCUT2D eigenvalue weighted by Crippen LogP contribution is 2.41. The van der Waals surface area contributed by atoms with Crippen LogP contribution in [0.2, 0.25) is 36.3 Å². The van der Waals surface area contributed by atoms with Gasteiger partial charge in [0.05, 0.1) is 13.2 Å². The minimum Gasteiger partial charge on any atom is -0.543 e. The summed E-state index contributed by atoms with van der Waals surface area (Å²) >= 11 is 0. The van der Waals surface area contributed by atoms with Crippen LogP contribution in [0.3, 0.4) is 0 Å². The van der Waals surface area contributed by atoms with Crippen molar-refractivity contribution < 1.29 is 13.6 Å². The Labute approximate surface area is 191 Å². The molecule has 2 aromatic rings. The van der Waals surface area contributed by atoms with Crippen LogP contribution in [0.25, 0.3) is 11.1 Å². The first kappa shape index (κ1) is 24.1. The zero-order chi connectivity index (χ0) is 23.2. The van der Waals surface area contributed by atoms with Crippen molar-refractivity contribution >= 4 is 16.6 Å². The van der Waals surface area contributed by atoms with E-state index in [0.717, 1.165) is 11.5 Å².